The zero-order valence-electron chi connectivity index (χ0n) is 9.60. The molecule has 2 rings (SSSR count). The average molecular weight is 268 g/mol. The Labute approximate surface area is 100 Å². The molecule has 0 amide bonds. The molecule has 1 fully saturated rings. The summed E-state index contributed by atoms with van der Waals surface area (Å²) in [5, 5.41) is 0. The highest BCUT2D eigenvalue weighted by Gasteiger charge is 2.52. The molecule has 0 heterocycles. The summed E-state index contributed by atoms with van der Waals surface area (Å²) in [5.41, 5.74) is 9.16. The van der Waals surface area contributed by atoms with Crippen molar-refractivity contribution in [3.05, 3.63) is 33.8 Å². The summed E-state index contributed by atoms with van der Waals surface area (Å²) in [4.78, 5) is 0. The van der Waals surface area contributed by atoms with Gasteiger partial charge in [-0.3, -0.25) is 0 Å². The molecule has 0 radical (unpaired) electrons. The summed E-state index contributed by atoms with van der Waals surface area (Å²) in [6.45, 7) is 6.68. The third-order valence-corrected chi connectivity index (χ3v) is 4.39. The van der Waals surface area contributed by atoms with E-state index in [1.54, 1.807) is 0 Å². The molecule has 0 saturated heterocycles. The largest absolute Gasteiger partial charge is 0.324 e. The van der Waals surface area contributed by atoms with Crippen molar-refractivity contribution in [1.82, 2.24) is 0 Å². The third kappa shape index (κ3) is 1.74. The van der Waals surface area contributed by atoms with Crippen LogP contribution < -0.4 is 5.73 Å². The fourth-order valence-electron chi connectivity index (χ4n) is 2.36. The molecule has 0 bridgehead atoms. The Bertz CT molecular complexity index is 392. The molecule has 1 aromatic rings. The molecule has 1 aliphatic rings. The van der Waals surface area contributed by atoms with Gasteiger partial charge in [0.05, 0.1) is 0 Å². The second-order valence-corrected chi connectivity index (χ2v) is 6.16. The van der Waals surface area contributed by atoms with Crippen LogP contribution in [0.1, 0.15) is 37.8 Å². The van der Waals surface area contributed by atoms with Gasteiger partial charge in [-0.2, -0.15) is 0 Å². The predicted octanol–water partition coefficient (Wildman–Crippen LogP) is 3.53. The molecule has 82 valence electrons. The smallest absolute Gasteiger partial charge is 0.0248 e. The lowest BCUT2D eigenvalue weighted by atomic mass is 9.74. The Hall–Kier alpha value is -0.340. The van der Waals surface area contributed by atoms with Crippen LogP contribution in [0, 0.1) is 6.92 Å². The van der Waals surface area contributed by atoms with Crippen LogP contribution >= 0.6 is 15.9 Å². The molecule has 15 heavy (non-hydrogen) atoms. The second kappa shape index (κ2) is 3.33. The molecule has 0 unspecified atom stereocenters. The van der Waals surface area contributed by atoms with Crippen LogP contribution in [-0.4, -0.2) is 5.54 Å². The minimum atomic E-state index is 0.0194. The van der Waals surface area contributed by atoms with Crippen LogP contribution in [-0.2, 0) is 5.41 Å². The zero-order valence-corrected chi connectivity index (χ0v) is 11.2. The minimum absolute atomic E-state index is 0.0194. The second-order valence-electron chi connectivity index (χ2n) is 5.24. The molecule has 1 saturated carbocycles. The Morgan fingerprint density at radius 2 is 1.93 bits per heavy atom. The maximum atomic E-state index is 6.35. The zero-order chi connectivity index (χ0) is 11.3. The van der Waals surface area contributed by atoms with E-state index in [0.717, 1.165) is 17.3 Å². The summed E-state index contributed by atoms with van der Waals surface area (Å²) in [6, 6.07) is 6.48. The van der Waals surface area contributed by atoms with Gasteiger partial charge >= 0.3 is 0 Å². The Balaban J connectivity index is 2.45. The van der Waals surface area contributed by atoms with Crippen LogP contribution in [0.15, 0.2) is 22.7 Å². The van der Waals surface area contributed by atoms with Gasteiger partial charge in [0.2, 0.25) is 0 Å². The van der Waals surface area contributed by atoms with Crippen molar-refractivity contribution >= 4 is 15.9 Å². The molecule has 1 aromatic carbocycles. The first-order valence-corrected chi connectivity index (χ1v) is 6.22. The highest BCUT2D eigenvalue weighted by atomic mass is 79.9. The number of hydrogen-bond donors (Lipinski definition) is 1. The third-order valence-electron chi connectivity index (χ3n) is 3.90. The lowest BCUT2D eigenvalue weighted by Crippen LogP contribution is -2.43. The fraction of sp³-hybridized carbons (Fsp3) is 0.538. The molecular weight excluding hydrogens is 250 g/mol. The number of halogens is 1. The van der Waals surface area contributed by atoms with Crippen LogP contribution in [0.3, 0.4) is 0 Å². The maximum absolute atomic E-state index is 6.35. The van der Waals surface area contributed by atoms with Crippen molar-refractivity contribution in [3.8, 4) is 0 Å². The average Bonchev–Trinajstić information content (AvgIpc) is 2.84. The minimum Gasteiger partial charge on any atom is -0.324 e. The predicted molar refractivity (Wildman–Crippen MR) is 68.1 cm³/mol. The summed E-state index contributed by atoms with van der Waals surface area (Å²) < 4.78 is 1.14. The molecule has 0 atom stereocenters. The first kappa shape index (κ1) is 11.2. The molecule has 0 aliphatic heterocycles. The van der Waals surface area contributed by atoms with Crippen molar-refractivity contribution in [2.45, 2.75) is 44.6 Å². The van der Waals surface area contributed by atoms with E-state index in [-0.39, 0.29) is 11.0 Å². The van der Waals surface area contributed by atoms with E-state index >= 15 is 0 Å². The Morgan fingerprint density at radius 1 is 1.33 bits per heavy atom. The van der Waals surface area contributed by atoms with E-state index in [0.29, 0.717) is 0 Å². The van der Waals surface area contributed by atoms with Gasteiger partial charge in [0, 0.05) is 15.4 Å². The Morgan fingerprint density at radius 3 is 2.40 bits per heavy atom. The van der Waals surface area contributed by atoms with Crippen molar-refractivity contribution in [1.29, 1.82) is 0 Å². The van der Waals surface area contributed by atoms with Gasteiger partial charge in [0.1, 0.15) is 0 Å². The number of aryl methyl sites for hydroxylation is 1. The lowest BCUT2D eigenvalue weighted by Gasteiger charge is -2.34. The van der Waals surface area contributed by atoms with Crippen LogP contribution in [0.5, 0.6) is 0 Å². The van der Waals surface area contributed by atoms with Gasteiger partial charge in [0.15, 0.2) is 0 Å². The van der Waals surface area contributed by atoms with Gasteiger partial charge in [-0.05, 0) is 43.0 Å². The molecular formula is C13H18BrN. The van der Waals surface area contributed by atoms with Gasteiger partial charge in [0.25, 0.3) is 0 Å². The highest BCUT2D eigenvalue weighted by molar-refractivity contribution is 9.10. The molecule has 0 aromatic heterocycles. The van der Waals surface area contributed by atoms with Crippen molar-refractivity contribution < 1.29 is 0 Å². The molecule has 1 aliphatic carbocycles. The summed E-state index contributed by atoms with van der Waals surface area (Å²) in [7, 11) is 0. The van der Waals surface area contributed by atoms with Crippen molar-refractivity contribution in [2.24, 2.45) is 5.73 Å². The first-order chi connectivity index (χ1) is 6.87. The molecule has 2 heteroatoms. The van der Waals surface area contributed by atoms with Crippen molar-refractivity contribution in [2.75, 3.05) is 0 Å². The van der Waals surface area contributed by atoms with E-state index in [9.17, 15) is 0 Å². The SMILES string of the molecule is Cc1cc(Br)ccc1C(C)(C)C1(N)CC1. The van der Waals surface area contributed by atoms with E-state index in [1.807, 2.05) is 0 Å². The van der Waals surface area contributed by atoms with E-state index < -0.39 is 0 Å². The summed E-state index contributed by atoms with van der Waals surface area (Å²) in [6.07, 6.45) is 2.30. The Kier molecular flexibility index (Phi) is 2.47. The highest BCUT2D eigenvalue weighted by Crippen LogP contribution is 2.49. The topological polar surface area (TPSA) is 26.0 Å². The summed E-state index contributed by atoms with van der Waals surface area (Å²) in [5.74, 6) is 0. The van der Waals surface area contributed by atoms with Gasteiger partial charge in [-0.25, -0.2) is 0 Å². The fourth-order valence-corrected chi connectivity index (χ4v) is 2.83. The quantitative estimate of drug-likeness (QED) is 0.872. The summed E-state index contributed by atoms with van der Waals surface area (Å²) >= 11 is 3.50. The first-order valence-electron chi connectivity index (χ1n) is 5.42. The van der Waals surface area contributed by atoms with Gasteiger partial charge < -0.3 is 5.73 Å². The monoisotopic (exact) mass is 267 g/mol. The number of benzene rings is 1. The van der Waals surface area contributed by atoms with Crippen LogP contribution in [0.4, 0.5) is 0 Å². The normalized spacial score (nSPS) is 19.0. The number of rotatable bonds is 2. The van der Waals surface area contributed by atoms with E-state index in [4.69, 9.17) is 5.73 Å². The van der Waals surface area contributed by atoms with Crippen LogP contribution in [0.25, 0.3) is 0 Å². The molecule has 0 spiro atoms. The lowest BCUT2D eigenvalue weighted by molar-refractivity contribution is 0.389. The van der Waals surface area contributed by atoms with Gasteiger partial charge in [-0.1, -0.05) is 35.8 Å². The molecule has 2 N–H and O–H groups in total. The van der Waals surface area contributed by atoms with E-state index in [1.165, 1.54) is 11.1 Å². The van der Waals surface area contributed by atoms with Crippen molar-refractivity contribution in [3.63, 3.8) is 0 Å². The number of nitrogens with two attached hydrogens (primary N) is 1. The molecule has 1 nitrogen and oxygen atoms in total. The van der Waals surface area contributed by atoms with E-state index in [2.05, 4.69) is 54.9 Å². The van der Waals surface area contributed by atoms with Gasteiger partial charge in [-0.15, -0.1) is 0 Å². The standard InChI is InChI=1S/C13H18BrN/c1-9-8-10(14)4-5-11(9)12(2,3)13(15)6-7-13/h4-5,8H,6-7,15H2,1-3H3. The number of hydrogen-bond acceptors (Lipinski definition) is 1. The maximum Gasteiger partial charge on any atom is 0.0248 e. The van der Waals surface area contributed by atoms with Crippen LogP contribution in [0.2, 0.25) is 0 Å².